The first-order chi connectivity index (χ1) is 6.46. The van der Waals surface area contributed by atoms with Gasteiger partial charge in [0.1, 0.15) is 0 Å². The van der Waals surface area contributed by atoms with E-state index in [4.69, 9.17) is 4.55 Å². The Balaban J connectivity index is 2.92. The number of allylic oxidation sites excluding steroid dienone is 1. The Morgan fingerprint density at radius 2 is 2.29 bits per heavy atom. The summed E-state index contributed by atoms with van der Waals surface area (Å²) < 4.78 is 30.9. The molecule has 0 aromatic heterocycles. The molecule has 0 aromatic rings. The van der Waals surface area contributed by atoms with Gasteiger partial charge in [0.05, 0.1) is 0 Å². The summed E-state index contributed by atoms with van der Waals surface area (Å²) in [4.78, 5) is 11.3. The van der Waals surface area contributed by atoms with Crippen LogP contribution in [0, 0.1) is 0 Å². The van der Waals surface area contributed by atoms with E-state index in [2.05, 4.69) is 6.58 Å². The first kappa shape index (κ1) is 12.1. The predicted octanol–water partition coefficient (Wildman–Crippen LogP) is 0.804. The van der Waals surface area contributed by atoms with Gasteiger partial charge in [0.15, 0.2) is 11.0 Å². The largest absolute Gasteiger partial charge is 0.293 e. The van der Waals surface area contributed by atoms with Crippen LogP contribution in [-0.4, -0.2) is 40.1 Å². The number of carbonyl (C=O) groups is 1. The van der Waals surface area contributed by atoms with Crippen LogP contribution >= 0.6 is 23.5 Å². The van der Waals surface area contributed by atoms with Crippen LogP contribution < -0.4 is 0 Å². The van der Waals surface area contributed by atoms with E-state index in [9.17, 15) is 13.2 Å². The van der Waals surface area contributed by atoms with Crippen molar-refractivity contribution in [1.82, 2.24) is 0 Å². The summed E-state index contributed by atoms with van der Waals surface area (Å²) >= 11 is 2.93. The summed E-state index contributed by atoms with van der Waals surface area (Å²) in [5, 5.41) is -0.957. The van der Waals surface area contributed by atoms with Crippen molar-refractivity contribution >= 4 is 39.4 Å². The lowest BCUT2D eigenvalue weighted by molar-refractivity contribution is -0.114. The van der Waals surface area contributed by atoms with Gasteiger partial charge in [-0.05, 0) is 6.08 Å². The van der Waals surface area contributed by atoms with Gasteiger partial charge in [-0.25, -0.2) is 0 Å². The molecular weight excluding hydrogens is 244 g/mol. The van der Waals surface area contributed by atoms with Gasteiger partial charge in [-0.15, -0.1) is 23.5 Å². The Labute approximate surface area is 91.3 Å². The minimum atomic E-state index is -4.31. The minimum Gasteiger partial charge on any atom is -0.293 e. The van der Waals surface area contributed by atoms with Crippen LogP contribution in [0.2, 0.25) is 0 Å². The number of thioether (sulfide) groups is 2. The minimum absolute atomic E-state index is 0.361. The Morgan fingerprint density at radius 1 is 1.64 bits per heavy atom. The zero-order valence-electron chi connectivity index (χ0n) is 7.25. The zero-order chi connectivity index (χ0) is 10.8. The molecule has 0 aliphatic carbocycles. The van der Waals surface area contributed by atoms with E-state index in [-0.39, 0.29) is 5.25 Å². The lowest BCUT2D eigenvalue weighted by Crippen LogP contribution is -2.38. The van der Waals surface area contributed by atoms with E-state index in [0.717, 1.165) is 11.2 Å². The second kappa shape index (κ2) is 4.69. The van der Waals surface area contributed by atoms with E-state index < -0.39 is 21.2 Å². The van der Waals surface area contributed by atoms with E-state index in [1.165, 1.54) is 11.8 Å². The fraction of sp³-hybridized carbons (Fsp3) is 0.571. The highest BCUT2D eigenvalue weighted by molar-refractivity contribution is 8.19. The molecule has 0 spiro atoms. The molecule has 1 fully saturated rings. The van der Waals surface area contributed by atoms with Gasteiger partial charge in [-0.1, -0.05) is 6.58 Å². The smallest absolute Gasteiger partial charge is 0.276 e. The number of rotatable bonds is 4. The quantitative estimate of drug-likeness (QED) is 0.591. The second-order valence-electron chi connectivity index (χ2n) is 2.74. The maximum Gasteiger partial charge on any atom is 0.276 e. The van der Waals surface area contributed by atoms with Crippen molar-refractivity contribution in [3.8, 4) is 0 Å². The summed E-state index contributed by atoms with van der Waals surface area (Å²) in [5.74, 6) is -0.0678. The van der Waals surface area contributed by atoms with E-state index in [0.29, 0.717) is 5.75 Å². The summed E-state index contributed by atoms with van der Waals surface area (Å²) in [7, 11) is -4.31. The molecule has 0 amide bonds. The summed E-state index contributed by atoms with van der Waals surface area (Å²) in [6.45, 7) is 3.23. The summed E-state index contributed by atoms with van der Waals surface area (Å²) in [6.07, 6.45) is 0.946. The van der Waals surface area contributed by atoms with Crippen molar-refractivity contribution in [2.45, 2.75) is 10.5 Å². The molecule has 2 atom stereocenters. The maximum atomic E-state index is 11.3. The van der Waals surface area contributed by atoms with Crippen LogP contribution in [0.5, 0.6) is 0 Å². The SMILES string of the molecule is C=CC(=O)C(C1CSCS1)S(=O)(=O)O. The molecule has 7 heteroatoms. The molecular formula is C7H10O4S3. The first-order valence-corrected chi connectivity index (χ1v) is 7.49. The van der Waals surface area contributed by atoms with Crippen molar-refractivity contribution in [2.24, 2.45) is 0 Å². The monoisotopic (exact) mass is 254 g/mol. The van der Waals surface area contributed by atoms with Crippen LogP contribution in [0.15, 0.2) is 12.7 Å². The summed E-state index contributed by atoms with van der Waals surface area (Å²) in [5.41, 5.74) is 0. The van der Waals surface area contributed by atoms with Crippen molar-refractivity contribution < 1.29 is 17.8 Å². The van der Waals surface area contributed by atoms with Gasteiger partial charge in [0.2, 0.25) is 0 Å². The predicted molar refractivity (Wildman–Crippen MR) is 59.2 cm³/mol. The lowest BCUT2D eigenvalue weighted by Gasteiger charge is -2.15. The number of carbonyl (C=O) groups excluding carboxylic acids is 1. The molecule has 0 radical (unpaired) electrons. The third-order valence-electron chi connectivity index (χ3n) is 1.79. The third kappa shape index (κ3) is 2.75. The highest BCUT2D eigenvalue weighted by Gasteiger charge is 2.39. The van der Waals surface area contributed by atoms with Crippen LogP contribution in [0.4, 0.5) is 0 Å². The van der Waals surface area contributed by atoms with Gasteiger partial charge in [-0.3, -0.25) is 9.35 Å². The molecule has 80 valence electrons. The molecule has 0 saturated carbocycles. The van der Waals surface area contributed by atoms with E-state index in [1.807, 2.05) is 0 Å². The maximum absolute atomic E-state index is 11.3. The topological polar surface area (TPSA) is 71.4 Å². The molecule has 0 bridgehead atoms. The molecule has 0 aromatic carbocycles. The molecule has 1 aliphatic heterocycles. The normalized spacial score (nSPS) is 24.5. The summed E-state index contributed by atoms with van der Waals surface area (Å²) in [6, 6.07) is 0. The molecule has 1 aliphatic rings. The lowest BCUT2D eigenvalue weighted by atomic mass is 10.2. The van der Waals surface area contributed by atoms with Crippen LogP contribution in [0.3, 0.4) is 0 Å². The van der Waals surface area contributed by atoms with Gasteiger partial charge in [0.25, 0.3) is 10.1 Å². The van der Waals surface area contributed by atoms with Gasteiger partial charge >= 0.3 is 0 Å². The zero-order valence-corrected chi connectivity index (χ0v) is 9.70. The van der Waals surface area contributed by atoms with Crippen molar-refractivity contribution in [3.63, 3.8) is 0 Å². The van der Waals surface area contributed by atoms with E-state index >= 15 is 0 Å². The Bertz CT molecular complexity index is 329. The van der Waals surface area contributed by atoms with Gasteiger partial charge < -0.3 is 0 Å². The molecule has 1 saturated heterocycles. The molecule has 1 N–H and O–H groups in total. The van der Waals surface area contributed by atoms with Crippen molar-refractivity contribution in [3.05, 3.63) is 12.7 Å². The Morgan fingerprint density at radius 3 is 2.64 bits per heavy atom. The molecule has 1 rings (SSSR count). The van der Waals surface area contributed by atoms with Crippen LogP contribution in [-0.2, 0) is 14.9 Å². The van der Waals surface area contributed by atoms with Crippen molar-refractivity contribution in [1.29, 1.82) is 0 Å². The van der Waals surface area contributed by atoms with Gasteiger partial charge in [-0.2, -0.15) is 8.42 Å². The molecule has 2 unspecified atom stereocenters. The standard InChI is InChI=1S/C7H10O4S3/c1-2-5(8)7(14(9,10)11)6-3-12-4-13-6/h2,6-7H,1,3-4H2,(H,9,10,11). The highest BCUT2D eigenvalue weighted by Crippen LogP contribution is 2.34. The fourth-order valence-corrected chi connectivity index (χ4v) is 5.69. The fourth-order valence-electron chi connectivity index (χ4n) is 1.16. The molecule has 1 heterocycles. The van der Waals surface area contributed by atoms with Gasteiger partial charge in [0, 0.05) is 16.1 Å². The third-order valence-corrected chi connectivity index (χ3v) is 6.05. The average molecular weight is 254 g/mol. The average Bonchev–Trinajstić information content (AvgIpc) is 2.54. The first-order valence-electron chi connectivity index (χ1n) is 3.78. The number of hydrogen-bond acceptors (Lipinski definition) is 5. The number of hydrogen-bond donors (Lipinski definition) is 1. The highest BCUT2D eigenvalue weighted by atomic mass is 32.2. The Kier molecular flexibility index (Phi) is 4.05. The molecule has 4 nitrogen and oxygen atoms in total. The van der Waals surface area contributed by atoms with Crippen LogP contribution in [0.1, 0.15) is 0 Å². The Hall–Kier alpha value is 0.0200. The molecule has 14 heavy (non-hydrogen) atoms. The van der Waals surface area contributed by atoms with Crippen LogP contribution in [0.25, 0.3) is 0 Å². The van der Waals surface area contributed by atoms with Crippen molar-refractivity contribution in [2.75, 3.05) is 10.8 Å². The second-order valence-corrected chi connectivity index (χ2v) is 6.90. The van der Waals surface area contributed by atoms with E-state index in [1.54, 1.807) is 11.8 Å². The number of ketones is 1.